The highest BCUT2D eigenvalue weighted by molar-refractivity contribution is 14.1. The molecule has 0 aromatic heterocycles. The minimum Gasteiger partial charge on any atom is -0.487 e. The van der Waals surface area contributed by atoms with E-state index in [-0.39, 0.29) is 5.91 Å². The van der Waals surface area contributed by atoms with Crippen LogP contribution in [0.1, 0.15) is 21.5 Å². The average molecular weight is 651 g/mol. The zero-order valence-corrected chi connectivity index (χ0v) is 20.7. The molecule has 0 fully saturated rings. The van der Waals surface area contributed by atoms with Crippen LogP contribution in [0, 0.1) is 7.14 Å². The fourth-order valence-corrected chi connectivity index (χ4v) is 4.81. The van der Waals surface area contributed by atoms with Gasteiger partial charge >= 0.3 is 0 Å². The van der Waals surface area contributed by atoms with Gasteiger partial charge in [-0.2, -0.15) is 5.10 Å². The second kappa shape index (κ2) is 10.6. The summed E-state index contributed by atoms with van der Waals surface area (Å²) in [6, 6.07) is 18.5. The van der Waals surface area contributed by atoms with Crippen LogP contribution in [-0.4, -0.2) is 12.1 Å². The Balaban J connectivity index is 1.65. The molecule has 148 valence electrons. The molecule has 0 radical (unpaired) electrons. The van der Waals surface area contributed by atoms with Crippen molar-refractivity contribution in [2.75, 3.05) is 0 Å². The third kappa shape index (κ3) is 6.31. The molecule has 3 aromatic rings. The van der Waals surface area contributed by atoms with Gasteiger partial charge in [0.2, 0.25) is 0 Å². The van der Waals surface area contributed by atoms with Gasteiger partial charge in [0, 0.05) is 5.56 Å². The number of hydrazone groups is 1. The molecule has 1 N–H and O–H groups in total. The Bertz CT molecular complexity index is 1040. The van der Waals surface area contributed by atoms with Gasteiger partial charge in [-0.3, -0.25) is 4.79 Å². The number of halogens is 4. The number of benzene rings is 3. The van der Waals surface area contributed by atoms with Crippen molar-refractivity contribution in [2.45, 2.75) is 6.61 Å². The van der Waals surface area contributed by atoms with Crippen LogP contribution in [0.4, 0.5) is 0 Å². The van der Waals surface area contributed by atoms with Gasteiger partial charge in [0.15, 0.2) is 0 Å². The van der Waals surface area contributed by atoms with Gasteiger partial charge in [0.25, 0.3) is 5.91 Å². The van der Waals surface area contributed by atoms with Gasteiger partial charge < -0.3 is 4.74 Å². The maximum Gasteiger partial charge on any atom is 0.271 e. The maximum atomic E-state index is 12.2. The predicted octanol–water partition coefficient (Wildman–Crippen LogP) is 6.55. The number of carbonyl (C=O) groups is 1. The van der Waals surface area contributed by atoms with E-state index in [0.717, 1.165) is 24.0 Å². The first kappa shape index (κ1) is 22.3. The highest BCUT2D eigenvalue weighted by atomic mass is 127. The van der Waals surface area contributed by atoms with Crippen molar-refractivity contribution in [3.63, 3.8) is 0 Å². The van der Waals surface area contributed by atoms with E-state index < -0.39 is 0 Å². The van der Waals surface area contributed by atoms with Crippen molar-refractivity contribution in [2.24, 2.45) is 5.10 Å². The van der Waals surface area contributed by atoms with E-state index in [9.17, 15) is 4.79 Å². The minimum absolute atomic E-state index is 0.318. The van der Waals surface area contributed by atoms with Gasteiger partial charge in [-0.25, -0.2) is 5.43 Å². The van der Waals surface area contributed by atoms with Crippen molar-refractivity contribution in [3.05, 3.63) is 94.5 Å². The molecule has 4 nitrogen and oxygen atoms in total. The summed E-state index contributed by atoms with van der Waals surface area (Å²) in [5.41, 5.74) is 4.82. The first-order valence-corrected chi connectivity index (χ1v) is 11.3. The first-order chi connectivity index (χ1) is 13.9. The lowest BCUT2D eigenvalue weighted by molar-refractivity contribution is 0.0955. The van der Waals surface area contributed by atoms with E-state index in [1.807, 2.05) is 42.5 Å². The molecule has 0 spiro atoms. The molecule has 0 atom stereocenters. The molecule has 0 aliphatic rings. The Morgan fingerprint density at radius 3 is 2.34 bits per heavy atom. The Labute approximate surface area is 205 Å². The molecular formula is C21H14Cl2I2N2O2. The molecule has 0 saturated heterocycles. The summed E-state index contributed by atoms with van der Waals surface area (Å²) >= 11 is 16.3. The molecule has 3 aromatic carbocycles. The monoisotopic (exact) mass is 650 g/mol. The number of nitrogens with one attached hydrogen (secondary N) is 1. The Morgan fingerprint density at radius 2 is 1.69 bits per heavy atom. The van der Waals surface area contributed by atoms with E-state index in [2.05, 4.69) is 55.7 Å². The van der Waals surface area contributed by atoms with E-state index in [1.54, 1.807) is 18.3 Å². The number of nitrogens with zero attached hydrogens (tertiary/aromatic N) is 1. The number of carbonyl (C=O) groups excluding carboxylic acids is 1. The van der Waals surface area contributed by atoms with Crippen molar-refractivity contribution in [3.8, 4) is 5.75 Å². The Morgan fingerprint density at radius 1 is 1.00 bits per heavy atom. The van der Waals surface area contributed by atoms with Crippen LogP contribution >= 0.6 is 68.4 Å². The number of ether oxygens (including phenoxy) is 1. The molecule has 8 heteroatoms. The van der Waals surface area contributed by atoms with E-state index in [0.29, 0.717) is 22.2 Å². The van der Waals surface area contributed by atoms with Crippen molar-refractivity contribution < 1.29 is 9.53 Å². The largest absolute Gasteiger partial charge is 0.487 e. The van der Waals surface area contributed by atoms with Crippen LogP contribution < -0.4 is 10.2 Å². The second-order valence-corrected chi connectivity index (χ2v) is 9.05. The molecule has 0 aliphatic carbocycles. The zero-order chi connectivity index (χ0) is 20.8. The number of rotatable bonds is 6. The number of hydrogen-bond donors (Lipinski definition) is 1. The zero-order valence-electron chi connectivity index (χ0n) is 14.8. The Hall–Kier alpha value is -1.36. The smallest absolute Gasteiger partial charge is 0.271 e. The summed E-state index contributed by atoms with van der Waals surface area (Å²) in [4.78, 5) is 12.2. The molecule has 0 saturated carbocycles. The van der Waals surface area contributed by atoms with Crippen LogP contribution in [-0.2, 0) is 6.61 Å². The molecule has 0 heterocycles. The summed E-state index contributed by atoms with van der Waals surface area (Å²) in [7, 11) is 0. The molecule has 1 amide bonds. The topological polar surface area (TPSA) is 50.7 Å². The summed E-state index contributed by atoms with van der Waals surface area (Å²) in [6.45, 7) is 0.500. The van der Waals surface area contributed by atoms with Crippen molar-refractivity contribution >= 4 is 80.5 Å². The third-order valence-electron chi connectivity index (χ3n) is 3.81. The average Bonchev–Trinajstić information content (AvgIpc) is 2.70. The lowest BCUT2D eigenvalue weighted by Crippen LogP contribution is -2.17. The summed E-state index contributed by atoms with van der Waals surface area (Å²) < 4.78 is 7.90. The van der Waals surface area contributed by atoms with E-state index in [4.69, 9.17) is 27.9 Å². The van der Waals surface area contributed by atoms with Gasteiger partial charge in [-0.15, -0.1) is 0 Å². The van der Waals surface area contributed by atoms with E-state index in [1.165, 1.54) is 6.07 Å². The molecule has 0 unspecified atom stereocenters. The number of amides is 1. The fraction of sp³-hybridized carbons (Fsp3) is 0.0476. The second-order valence-electron chi connectivity index (χ2n) is 5.92. The van der Waals surface area contributed by atoms with Gasteiger partial charge in [0.05, 0.1) is 23.4 Å². The van der Waals surface area contributed by atoms with Crippen LogP contribution in [0.3, 0.4) is 0 Å². The highest BCUT2D eigenvalue weighted by Gasteiger charge is 2.10. The molecular weight excluding hydrogens is 637 g/mol. The molecule has 0 aliphatic heterocycles. The predicted molar refractivity (Wildman–Crippen MR) is 134 cm³/mol. The Kier molecular flexibility index (Phi) is 8.16. The van der Waals surface area contributed by atoms with Gasteiger partial charge in [0.1, 0.15) is 12.4 Å². The SMILES string of the molecule is O=C(N/N=C\c1cc(I)c(OCc2ccccc2)c(I)c1)c1ccc(Cl)c(Cl)c1. The van der Waals surface area contributed by atoms with Crippen LogP contribution in [0.25, 0.3) is 0 Å². The van der Waals surface area contributed by atoms with Crippen molar-refractivity contribution in [1.82, 2.24) is 5.43 Å². The first-order valence-electron chi connectivity index (χ1n) is 8.38. The normalized spacial score (nSPS) is 10.9. The summed E-state index contributed by atoms with van der Waals surface area (Å²) in [6.07, 6.45) is 1.58. The van der Waals surface area contributed by atoms with Gasteiger partial charge in [-0.1, -0.05) is 53.5 Å². The van der Waals surface area contributed by atoms with Crippen LogP contribution in [0.15, 0.2) is 65.8 Å². The highest BCUT2D eigenvalue weighted by Crippen LogP contribution is 2.29. The quantitative estimate of drug-likeness (QED) is 0.187. The van der Waals surface area contributed by atoms with Gasteiger partial charge in [-0.05, 0) is 86.6 Å². The van der Waals surface area contributed by atoms with Crippen LogP contribution in [0.5, 0.6) is 5.75 Å². The number of hydrogen-bond acceptors (Lipinski definition) is 3. The van der Waals surface area contributed by atoms with Crippen LogP contribution in [0.2, 0.25) is 10.0 Å². The summed E-state index contributed by atoms with van der Waals surface area (Å²) in [5.74, 6) is 0.457. The lowest BCUT2D eigenvalue weighted by atomic mass is 10.2. The lowest BCUT2D eigenvalue weighted by Gasteiger charge is -2.11. The van der Waals surface area contributed by atoms with E-state index >= 15 is 0 Å². The standard InChI is InChI=1S/C21H14Cl2I2N2O2/c22-16-7-6-15(10-17(16)23)21(28)27-26-11-14-8-18(24)20(19(25)9-14)29-12-13-4-2-1-3-5-13/h1-11H,12H2,(H,27,28)/b26-11-. The fourth-order valence-electron chi connectivity index (χ4n) is 2.39. The molecule has 3 rings (SSSR count). The molecule has 29 heavy (non-hydrogen) atoms. The van der Waals surface area contributed by atoms with Crippen molar-refractivity contribution in [1.29, 1.82) is 0 Å². The maximum absolute atomic E-state index is 12.2. The third-order valence-corrected chi connectivity index (χ3v) is 6.15. The summed E-state index contributed by atoms with van der Waals surface area (Å²) in [5, 5.41) is 4.74. The molecule has 0 bridgehead atoms. The minimum atomic E-state index is -0.368.